The van der Waals surface area contributed by atoms with Crippen LogP contribution in [0, 0.1) is 11.8 Å². The van der Waals surface area contributed by atoms with Crippen LogP contribution in [-0.2, 0) is 9.53 Å². The van der Waals surface area contributed by atoms with Crippen molar-refractivity contribution >= 4 is 12.0 Å². The topological polar surface area (TPSA) is 70.1 Å². The molecule has 1 N–H and O–H groups in total. The third-order valence-electron chi connectivity index (χ3n) is 4.62. The molecule has 0 spiro atoms. The van der Waals surface area contributed by atoms with E-state index in [-0.39, 0.29) is 12.1 Å². The molecule has 2 fully saturated rings. The standard InChI is InChI=1S/C15H26N2O4/c1-11(12-5-6-12)17(8-9-21-2)15(20)16-7-3-4-13(10-16)14(18)19/h11-13H,3-10H2,1-2H3,(H,18,19)/t11?,13-/m1/s1. The summed E-state index contributed by atoms with van der Waals surface area (Å²) in [7, 11) is 1.63. The molecule has 120 valence electrons. The Hall–Kier alpha value is -1.30. The molecule has 1 unspecified atom stereocenters. The molecule has 0 aromatic carbocycles. The first kappa shape index (κ1) is 16.1. The van der Waals surface area contributed by atoms with Crippen LogP contribution in [0.15, 0.2) is 0 Å². The molecule has 1 saturated carbocycles. The van der Waals surface area contributed by atoms with Crippen molar-refractivity contribution in [1.82, 2.24) is 9.80 Å². The second kappa shape index (κ2) is 7.11. The van der Waals surface area contributed by atoms with E-state index in [1.807, 2.05) is 4.90 Å². The zero-order chi connectivity index (χ0) is 15.4. The number of aliphatic carboxylic acids is 1. The van der Waals surface area contributed by atoms with Gasteiger partial charge in [-0.05, 0) is 38.5 Å². The molecular weight excluding hydrogens is 272 g/mol. The highest BCUT2D eigenvalue weighted by Gasteiger charge is 2.37. The fraction of sp³-hybridized carbons (Fsp3) is 0.867. The number of methoxy groups -OCH3 is 1. The lowest BCUT2D eigenvalue weighted by Crippen LogP contribution is -2.52. The maximum Gasteiger partial charge on any atom is 0.320 e. The van der Waals surface area contributed by atoms with Crippen molar-refractivity contribution in [2.75, 3.05) is 33.4 Å². The lowest BCUT2D eigenvalue weighted by Gasteiger charge is -2.38. The highest BCUT2D eigenvalue weighted by molar-refractivity contribution is 5.77. The third kappa shape index (κ3) is 4.09. The fourth-order valence-corrected chi connectivity index (χ4v) is 3.03. The predicted octanol–water partition coefficient (Wildman–Crippen LogP) is 1.65. The molecule has 1 aliphatic carbocycles. The van der Waals surface area contributed by atoms with Gasteiger partial charge >= 0.3 is 12.0 Å². The van der Waals surface area contributed by atoms with E-state index >= 15 is 0 Å². The van der Waals surface area contributed by atoms with Gasteiger partial charge in [0.05, 0.1) is 12.5 Å². The molecule has 0 bridgehead atoms. The van der Waals surface area contributed by atoms with Gasteiger partial charge in [-0.1, -0.05) is 0 Å². The Balaban J connectivity index is 2.00. The van der Waals surface area contributed by atoms with Crippen LogP contribution in [0.1, 0.15) is 32.6 Å². The molecule has 2 atom stereocenters. The number of carboxylic acid groups (broad SMARTS) is 1. The lowest BCUT2D eigenvalue weighted by atomic mass is 9.98. The van der Waals surface area contributed by atoms with Crippen LogP contribution in [0.4, 0.5) is 4.79 Å². The summed E-state index contributed by atoms with van der Waals surface area (Å²) < 4.78 is 5.11. The van der Waals surface area contributed by atoms with Crippen molar-refractivity contribution in [2.45, 2.75) is 38.6 Å². The van der Waals surface area contributed by atoms with E-state index in [0.717, 1.165) is 6.42 Å². The Morgan fingerprint density at radius 2 is 2.10 bits per heavy atom. The molecular formula is C15H26N2O4. The maximum absolute atomic E-state index is 12.7. The summed E-state index contributed by atoms with van der Waals surface area (Å²) in [6, 6.07) is 0.176. The van der Waals surface area contributed by atoms with Crippen LogP contribution < -0.4 is 0 Å². The van der Waals surface area contributed by atoms with E-state index in [1.54, 1.807) is 12.0 Å². The minimum absolute atomic E-state index is 0.0302. The first-order chi connectivity index (χ1) is 10.0. The lowest BCUT2D eigenvalue weighted by molar-refractivity contribution is -0.143. The SMILES string of the molecule is COCCN(C(=O)N1CCC[C@@H](C(=O)O)C1)C(C)C1CC1. The molecule has 0 aromatic heterocycles. The Labute approximate surface area is 126 Å². The zero-order valence-electron chi connectivity index (χ0n) is 13.0. The minimum atomic E-state index is -0.800. The van der Waals surface area contributed by atoms with Gasteiger partial charge in [-0.3, -0.25) is 4.79 Å². The number of hydrogen-bond acceptors (Lipinski definition) is 3. The molecule has 21 heavy (non-hydrogen) atoms. The van der Waals surface area contributed by atoms with Crippen molar-refractivity contribution in [2.24, 2.45) is 11.8 Å². The van der Waals surface area contributed by atoms with Gasteiger partial charge in [0.1, 0.15) is 0 Å². The largest absolute Gasteiger partial charge is 0.481 e. The predicted molar refractivity (Wildman–Crippen MR) is 78.1 cm³/mol. The van der Waals surface area contributed by atoms with Crippen molar-refractivity contribution in [3.05, 3.63) is 0 Å². The summed E-state index contributed by atoms with van der Waals surface area (Å²) in [5.74, 6) is -0.639. The molecule has 0 radical (unpaired) electrons. The van der Waals surface area contributed by atoms with Gasteiger partial charge in [-0.15, -0.1) is 0 Å². The number of carbonyl (C=O) groups excluding carboxylic acids is 1. The number of piperidine rings is 1. The highest BCUT2D eigenvalue weighted by Crippen LogP contribution is 2.35. The Morgan fingerprint density at radius 1 is 1.38 bits per heavy atom. The Morgan fingerprint density at radius 3 is 2.67 bits per heavy atom. The average molecular weight is 298 g/mol. The van der Waals surface area contributed by atoms with Crippen LogP contribution >= 0.6 is 0 Å². The number of nitrogens with zero attached hydrogens (tertiary/aromatic N) is 2. The number of ether oxygens (including phenoxy) is 1. The normalized spacial score (nSPS) is 23.7. The van der Waals surface area contributed by atoms with Gasteiger partial charge < -0.3 is 19.6 Å². The molecule has 0 aromatic rings. The zero-order valence-corrected chi connectivity index (χ0v) is 13.0. The summed E-state index contributed by atoms with van der Waals surface area (Å²) in [6.07, 6.45) is 3.78. The van der Waals surface area contributed by atoms with Crippen LogP contribution in [0.3, 0.4) is 0 Å². The number of likely N-dealkylation sites (tertiary alicyclic amines) is 1. The van der Waals surface area contributed by atoms with Gasteiger partial charge in [0, 0.05) is 32.8 Å². The molecule has 1 aliphatic heterocycles. The Bertz CT molecular complexity index is 384. The van der Waals surface area contributed by atoms with E-state index in [1.165, 1.54) is 12.8 Å². The van der Waals surface area contributed by atoms with E-state index in [2.05, 4.69) is 6.92 Å². The van der Waals surface area contributed by atoms with E-state index in [9.17, 15) is 9.59 Å². The number of amides is 2. The molecule has 6 nitrogen and oxygen atoms in total. The van der Waals surface area contributed by atoms with Gasteiger partial charge in [0.2, 0.25) is 0 Å². The monoisotopic (exact) mass is 298 g/mol. The van der Waals surface area contributed by atoms with Crippen molar-refractivity contribution in [3.63, 3.8) is 0 Å². The maximum atomic E-state index is 12.7. The first-order valence-electron chi connectivity index (χ1n) is 7.82. The average Bonchev–Trinajstić information content (AvgIpc) is 3.32. The second-order valence-corrected chi connectivity index (χ2v) is 6.17. The molecule has 1 heterocycles. The summed E-state index contributed by atoms with van der Waals surface area (Å²) in [5.41, 5.74) is 0. The summed E-state index contributed by atoms with van der Waals surface area (Å²) >= 11 is 0. The van der Waals surface area contributed by atoms with Crippen molar-refractivity contribution in [3.8, 4) is 0 Å². The number of hydrogen-bond donors (Lipinski definition) is 1. The second-order valence-electron chi connectivity index (χ2n) is 6.17. The first-order valence-corrected chi connectivity index (χ1v) is 7.82. The minimum Gasteiger partial charge on any atom is -0.481 e. The number of carbonyl (C=O) groups is 2. The van der Waals surface area contributed by atoms with Gasteiger partial charge in [0.15, 0.2) is 0 Å². The van der Waals surface area contributed by atoms with Crippen molar-refractivity contribution in [1.29, 1.82) is 0 Å². The van der Waals surface area contributed by atoms with E-state index in [0.29, 0.717) is 38.6 Å². The van der Waals surface area contributed by atoms with E-state index < -0.39 is 11.9 Å². The summed E-state index contributed by atoms with van der Waals surface area (Å²) in [5, 5.41) is 9.15. The van der Waals surface area contributed by atoms with Gasteiger partial charge in [-0.25, -0.2) is 4.79 Å². The number of rotatable bonds is 6. The van der Waals surface area contributed by atoms with Gasteiger partial charge in [-0.2, -0.15) is 0 Å². The number of urea groups is 1. The summed E-state index contributed by atoms with van der Waals surface area (Å²) in [6.45, 7) is 4.16. The van der Waals surface area contributed by atoms with Crippen LogP contribution in [-0.4, -0.2) is 66.3 Å². The van der Waals surface area contributed by atoms with E-state index in [4.69, 9.17) is 9.84 Å². The quantitative estimate of drug-likeness (QED) is 0.809. The number of carboxylic acids is 1. The van der Waals surface area contributed by atoms with Crippen LogP contribution in [0.5, 0.6) is 0 Å². The molecule has 2 aliphatic rings. The van der Waals surface area contributed by atoms with Crippen LogP contribution in [0.2, 0.25) is 0 Å². The molecule has 6 heteroatoms. The van der Waals surface area contributed by atoms with Crippen LogP contribution in [0.25, 0.3) is 0 Å². The fourth-order valence-electron chi connectivity index (χ4n) is 3.03. The molecule has 2 amide bonds. The molecule has 1 saturated heterocycles. The highest BCUT2D eigenvalue weighted by atomic mass is 16.5. The van der Waals surface area contributed by atoms with Gasteiger partial charge in [0.25, 0.3) is 0 Å². The molecule has 2 rings (SSSR count). The van der Waals surface area contributed by atoms with Crippen molar-refractivity contribution < 1.29 is 19.4 Å². The Kier molecular flexibility index (Phi) is 5.45. The summed E-state index contributed by atoms with van der Waals surface area (Å²) in [4.78, 5) is 27.5. The third-order valence-corrected chi connectivity index (χ3v) is 4.62. The smallest absolute Gasteiger partial charge is 0.320 e.